The number of nitrogens with one attached hydrogen (secondary N) is 1. The van der Waals surface area contributed by atoms with E-state index in [1.807, 2.05) is 64.3 Å². The van der Waals surface area contributed by atoms with E-state index in [0.29, 0.717) is 24.6 Å². The molecule has 60 heavy (non-hydrogen) atoms. The zero-order valence-corrected chi connectivity index (χ0v) is 34.7. The van der Waals surface area contributed by atoms with Crippen LogP contribution in [0.1, 0.15) is 55.9 Å². The number of ether oxygens (including phenoxy) is 1. The number of aliphatic hydroxyl groups excluding tert-OH is 1. The van der Waals surface area contributed by atoms with Crippen LogP contribution in [0, 0.1) is 0 Å². The van der Waals surface area contributed by atoms with Crippen LogP contribution < -0.4 is 4.90 Å². The van der Waals surface area contributed by atoms with E-state index in [0.717, 1.165) is 74.0 Å². The fourth-order valence-corrected chi connectivity index (χ4v) is 7.91. The molecule has 4 heterocycles. The number of nitrogens with zero attached hydrogens (tertiary/aromatic N) is 7. The van der Waals surface area contributed by atoms with Crippen LogP contribution in [0.5, 0.6) is 0 Å². The summed E-state index contributed by atoms with van der Waals surface area (Å²) in [5, 5.41) is 16.5. The predicted molar refractivity (Wildman–Crippen MR) is 238 cm³/mol. The highest BCUT2D eigenvalue weighted by Gasteiger charge is 2.41. The minimum Gasteiger partial charge on any atom is -0.444 e. The summed E-state index contributed by atoms with van der Waals surface area (Å²) in [5.41, 5.74) is 7.46. The van der Waals surface area contributed by atoms with Crippen molar-refractivity contribution >= 4 is 33.8 Å². The van der Waals surface area contributed by atoms with Crippen LogP contribution in [0.15, 0.2) is 140 Å². The Balaban J connectivity index is 1.26. The lowest BCUT2D eigenvalue weighted by atomic mass is 9.77. The Bertz CT molecular complexity index is 2630. The van der Waals surface area contributed by atoms with Gasteiger partial charge in [0.2, 0.25) is 0 Å². The number of carbonyl (C=O) groups is 1. The molecule has 0 saturated carbocycles. The van der Waals surface area contributed by atoms with Crippen molar-refractivity contribution in [2.45, 2.75) is 51.4 Å². The van der Waals surface area contributed by atoms with E-state index in [9.17, 15) is 9.90 Å². The number of benzene rings is 4. The van der Waals surface area contributed by atoms with Crippen molar-refractivity contribution in [3.63, 3.8) is 0 Å². The van der Waals surface area contributed by atoms with E-state index in [4.69, 9.17) is 19.8 Å². The van der Waals surface area contributed by atoms with Crippen molar-refractivity contribution in [2.75, 3.05) is 32.1 Å². The number of aliphatic hydroxyl groups is 1. The number of hydrogen-bond acceptors (Lipinski definition) is 8. The molecular weight excluding hydrogens is 749 g/mol. The molecule has 2 N–H and O–H groups in total. The van der Waals surface area contributed by atoms with Gasteiger partial charge in [0.15, 0.2) is 11.6 Å². The molecule has 0 aliphatic heterocycles. The molecule has 0 bridgehead atoms. The molecule has 4 aromatic heterocycles. The third-order valence-electron chi connectivity index (χ3n) is 10.8. The van der Waals surface area contributed by atoms with Gasteiger partial charge in [0, 0.05) is 56.7 Å². The number of fused-ring (bicyclic) bond motifs is 2. The summed E-state index contributed by atoms with van der Waals surface area (Å²) in [4.78, 5) is 34.3. The molecule has 1 amide bonds. The summed E-state index contributed by atoms with van der Waals surface area (Å²) < 4.78 is 7.67. The van der Waals surface area contributed by atoms with Crippen molar-refractivity contribution in [2.24, 2.45) is 0 Å². The zero-order valence-electron chi connectivity index (χ0n) is 34.7. The second-order valence-corrected chi connectivity index (χ2v) is 16.2. The molecule has 304 valence electrons. The standard InChI is InChI=1S/C49H50N8O3/c1-48(2,3)60-47(59)56(5)28-16-15-27-55(4)46-44-41(25-26-51-46)52-45(53-44)43-40-30-35(36-29-34(33-58)31-50-32-36)23-24-42(40)57(54-43)49(37-17-9-6-10-18-37,38-19-11-7-12-20-38)39-21-13-8-14-22-39/h6-14,17-26,29-32,58H,15-16,27-28,33H2,1-5H3,(H,52,53). The number of aromatic nitrogens is 6. The minimum atomic E-state index is -0.878. The van der Waals surface area contributed by atoms with Crippen molar-refractivity contribution in [3.8, 4) is 22.6 Å². The van der Waals surface area contributed by atoms with Crippen LogP contribution in [-0.4, -0.2) is 78.6 Å². The first-order chi connectivity index (χ1) is 29.1. The van der Waals surface area contributed by atoms with Crippen molar-refractivity contribution in [1.82, 2.24) is 34.6 Å². The first-order valence-electron chi connectivity index (χ1n) is 20.3. The van der Waals surface area contributed by atoms with E-state index in [1.54, 1.807) is 24.3 Å². The van der Waals surface area contributed by atoms with Gasteiger partial charge in [-0.15, -0.1) is 0 Å². The van der Waals surface area contributed by atoms with Gasteiger partial charge in [-0.1, -0.05) is 97.1 Å². The highest BCUT2D eigenvalue weighted by atomic mass is 16.6. The van der Waals surface area contributed by atoms with Gasteiger partial charge >= 0.3 is 6.09 Å². The van der Waals surface area contributed by atoms with Crippen molar-refractivity contribution < 1.29 is 14.6 Å². The molecule has 0 spiro atoms. The number of amides is 1. The summed E-state index contributed by atoms with van der Waals surface area (Å²) in [6, 6.07) is 41.8. The molecule has 11 nitrogen and oxygen atoms in total. The number of H-pyrrole nitrogens is 1. The third-order valence-corrected chi connectivity index (χ3v) is 10.8. The lowest BCUT2D eigenvalue weighted by Crippen LogP contribution is -2.38. The van der Waals surface area contributed by atoms with Crippen LogP contribution in [-0.2, 0) is 16.9 Å². The molecule has 11 heteroatoms. The molecule has 8 rings (SSSR count). The molecule has 0 radical (unpaired) electrons. The Hall–Kier alpha value is -6.85. The average Bonchev–Trinajstić information content (AvgIpc) is 3.88. The summed E-state index contributed by atoms with van der Waals surface area (Å²) in [6.45, 7) is 6.81. The average molecular weight is 799 g/mol. The number of unbranched alkanes of at least 4 members (excludes halogenated alkanes) is 1. The Morgan fingerprint density at radius 1 is 0.783 bits per heavy atom. The Morgan fingerprint density at radius 2 is 1.42 bits per heavy atom. The Morgan fingerprint density at radius 3 is 2.03 bits per heavy atom. The molecule has 0 aliphatic rings. The monoisotopic (exact) mass is 798 g/mol. The number of pyridine rings is 2. The fourth-order valence-electron chi connectivity index (χ4n) is 7.91. The molecular formula is C49H50N8O3. The van der Waals surface area contributed by atoms with Gasteiger partial charge in [0.05, 0.1) is 17.6 Å². The highest BCUT2D eigenvalue weighted by Crippen LogP contribution is 2.44. The predicted octanol–water partition coefficient (Wildman–Crippen LogP) is 9.45. The maximum absolute atomic E-state index is 12.5. The van der Waals surface area contributed by atoms with Crippen LogP contribution in [0.25, 0.3) is 44.6 Å². The third kappa shape index (κ3) is 7.83. The van der Waals surface area contributed by atoms with Gasteiger partial charge < -0.3 is 24.6 Å². The van der Waals surface area contributed by atoms with Gasteiger partial charge in [-0.25, -0.2) is 19.4 Å². The first kappa shape index (κ1) is 40.0. The highest BCUT2D eigenvalue weighted by molar-refractivity contribution is 5.98. The van der Waals surface area contributed by atoms with Gasteiger partial charge in [0.25, 0.3) is 0 Å². The van der Waals surface area contributed by atoms with E-state index >= 15 is 0 Å². The van der Waals surface area contributed by atoms with E-state index in [1.165, 1.54) is 0 Å². The normalized spacial score (nSPS) is 11.9. The number of aromatic amines is 1. The van der Waals surface area contributed by atoms with Crippen molar-refractivity contribution in [3.05, 3.63) is 162 Å². The summed E-state index contributed by atoms with van der Waals surface area (Å²) in [5.74, 6) is 1.36. The van der Waals surface area contributed by atoms with Gasteiger partial charge in [-0.3, -0.25) is 4.98 Å². The van der Waals surface area contributed by atoms with Crippen LogP contribution in [0.3, 0.4) is 0 Å². The van der Waals surface area contributed by atoms with Gasteiger partial charge in [-0.2, -0.15) is 5.10 Å². The second-order valence-electron chi connectivity index (χ2n) is 16.2. The van der Waals surface area contributed by atoms with Crippen molar-refractivity contribution in [1.29, 1.82) is 0 Å². The topological polar surface area (TPSA) is 125 Å². The molecule has 0 fully saturated rings. The molecule has 8 aromatic rings. The smallest absolute Gasteiger partial charge is 0.410 e. The van der Waals surface area contributed by atoms with Crippen LogP contribution in [0.2, 0.25) is 0 Å². The maximum Gasteiger partial charge on any atom is 0.410 e. The molecule has 0 atom stereocenters. The molecule has 0 unspecified atom stereocenters. The quantitative estimate of drug-likeness (QED) is 0.0874. The van der Waals surface area contributed by atoms with Gasteiger partial charge in [-0.05, 0) is 85.7 Å². The lowest BCUT2D eigenvalue weighted by molar-refractivity contribution is 0.0296. The number of carbonyl (C=O) groups excluding carboxylic acids is 1. The van der Waals surface area contributed by atoms with E-state index in [2.05, 4.69) is 111 Å². The summed E-state index contributed by atoms with van der Waals surface area (Å²) in [7, 11) is 3.79. The van der Waals surface area contributed by atoms with E-state index < -0.39 is 11.1 Å². The molecule has 0 aliphatic carbocycles. The number of hydrogen-bond donors (Lipinski definition) is 2. The Kier molecular flexibility index (Phi) is 11.2. The summed E-state index contributed by atoms with van der Waals surface area (Å²) >= 11 is 0. The van der Waals surface area contributed by atoms with Gasteiger partial charge in [0.1, 0.15) is 22.4 Å². The summed E-state index contributed by atoms with van der Waals surface area (Å²) in [6.07, 6.45) is 6.61. The first-order valence-corrected chi connectivity index (χ1v) is 20.3. The Labute approximate surface area is 350 Å². The second kappa shape index (κ2) is 16.8. The van der Waals surface area contributed by atoms with Crippen LogP contribution >= 0.6 is 0 Å². The largest absolute Gasteiger partial charge is 0.444 e. The zero-order chi connectivity index (χ0) is 41.9. The number of anilines is 1. The molecule has 4 aromatic carbocycles. The molecule has 0 saturated heterocycles. The number of imidazole rings is 1. The SMILES string of the molecule is CN(CCCCN(C)c1nccc2[nH]c(-c3nn(C(c4ccccc4)(c4ccccc4)c4ccccc4)c4ccc(-c5cncc(CO)c5)cc34)nc12)C(=O)OC(C)(C)C. The lowest BCUT2D eigenvalue weighted by Gasteiger charge is -2.37. The fraction of sp³-hybridized carbons (Fsp3) is 0.245. The minimum absolute atomic E-state index is 0.104. The van der Waals surface area contributed by atoms with E-state index in [-0.39, 0.29) is 12.7 Å². The van der Waals surface area contributed by atoms with Crippen LogP contribution in [0.4, 0.5) is 10.6 Å². The maximum atomic E-state index is 12.5. The number of rotatable bonds is 13.